The summed E-state index contributed by atoms with van der Waals surface area (Å²) in [5.41, 5.74) is 3.71. The molecule has 1 aromatic rings. The fourth-order valence-corrected chi connectivity index (χ4v) is 1.89. The van der Waals surface area contributed by atoms with Crippen molar-refractivity contribution in [2.24, 2.45) is 11.3 Å². The number of anilines is 2. The van der Waals surface area contributed by atoms with Gasteiger partial charge in [-0.25, -0.2) is 15.8 Å². The summed E-state index contributed by atoms with van der Waals surface area (Å²) in [5, 5.41) is 3.43. The minimum absolute atomic E-state index is 0.127. The summed E-state index contributed by atoms with van der Waals surface area (Å²) in [6.07, 6.45) is 0.986. The van der Waals surface area contributed by atoms with Crippen LogP contribution in [0.3, 0.4) is 0 Å². The van der Waals surface area contributed by atoms with Crippen LogP contribution in [0.15, 0.2) is 0 Å². The van der Waals surface area contributed by atoms with Crippen molar-refractivity contribution in [2.75, 3.05) is 31.0 Å². The van der Waals surface area contributed by atoms with E-state index in [2.05, 4.69) is 48.4 Å². The molecule has 0 aliphatic carbocycles. The molecule has 0 radical (unpaired) electrons. The lowest BCUT2D eigenvalue weighted by Gasteiger charge is -2.25. The second-order valence-electron chi connectivity index (χ2n) is 6.46. The number of aromatic nitrogens is 2. The maximum atomic E-state index is 5.55. The van der Waals surface area contributed by atoms with E-state index in [9.17, 15) is 0 Å². The maximum Gasteiger partial charge on any atom is 0.148 e. The van der Waals surface area contributed by atoms with Crippen molar-refractivity contribution in [1.82, 2.24) is 9.97 Å². The lowest BCUT2D eigenvalue weighted by atomic mass is 9.89. The van der Waals surface area contributed by atoms with Gasteiger partial charge in [-0.05, 0) is 18.8 Å². The van der Waals surface area contributed by atoms with Crippen LogP contribution < -0.4 is 16.6 Å². The molecule has 0 saturated carbocycles. The van der Waals surface area contributed by atoms with E-state index in [0.29, 0.717) is 5.82 Å². The highest BCUT2D eigenvalue weighted by atomic mass is 16.5. The van der Waals surface area contributed by atoms with Crippen molar-refractivity contribution in [3.8, 4) is 0 Å². The first-order valence-corrected chi connectivity index (χ1v) is 7.38. The Bertz CT molecular complexity index is 460. The Labute approximate surface area is 127 Å². The molecule has 0 aromatic carbocycles. The van der Waals surface area contributed by atoms with Crippen LogP contribution >= 0.6 is 0 Å². The molecule has 0 amide bonds. The first kappa shape index (κ1) is 17.7. The van der Waals surface area contributed by atoms with E-state index < -0.39 is 0 Å². The van der Waals surface area contributed by atoms with E-state index in [1.54, 1.807) is 7.11 Å². The van der Waals surface area contributed by atoms with Crippen molar-refractivity contribution in [3.05, 3.63) is 11.4 Å². The number of rotatable bonds is 8. The second kappa shape index (κ2) is 7.56. The number of hydrogen-bond acceptors (Lipinski definition) is 6. The van der Waals surface area contributed by atoms with E-state index in [0.717, 1.165) is 36.8 Å². The molecule has 0 saturated heterocycles. The Hall–Kier alpha value is -1.40. The number of ether oxygens (including phenoxy) is 1. The van der Waals surface area contributed by atoms with Gasteiger partial charge in [-0.3, -0.25) is 0 Å². The number of methoxy groups -OCH3 is 1. The number of hydrogen-bond donors (Lipinski definition) is 3. The molecule has 6 nitrogen and oxygen atoms in total. The van der Waals surface area contributed by atoms with Crippen LogP contribution in [0.1, 0.15) is 51.4 Å². The largest absolute Gasteiger partial charge is 0.385 e. The third-order valence-electron chi connectivity index (χ3n) is 3.53. The summed E-state index contributed by atoms with van der Waals surface area (Å²) in [6.45, 7) is 12.1. The van der Waals surface area contributed by atoms with Gasteiger partial charge in [-0.2, -0.15) is 0 Å². The average molecular weight is 295 g/mol. The number of hydrazine groups is 1. The molecule has 120 valence electrons. The van der Waals surface area contributed by atoms with Gasteiger partial charge in [0, 0.05) is 31.7 Å². The van der Waals surface area contributed by atoms with Crippen molar-refractivity contribution < 1.29 is 4.74 Å². The van der Waals surface area contributed by atoms with Crippen molar-refractivity contribution in [1.29, 1.82) is 0 Å². The van der Waals surface area contributed by atoms with Gasteiger partial charge in [-0.1, -0.05) is 27.7 Å². The van der Waals surface area contributed by atoms with Gasteiger partial charge in [0.15, 0.2) is 0 Å². The summed E-state index contributed by atoms with van der Waals surface area (Å²) >= 11 is 0. The molecule has 0 fully saturated rings. The molecule has 6 heteroatoms. The predicted molar refractivity (Wildman–Crippen MR) is 87.4 cm³/mol. The zero-order valence-corrected chi connectivity index (χ0v) is 14.1. The van der Waals surface area contributed by atoms with Crippen LogP contribution in [0, 0.1) is 12.3 Å². The monoisotopic (exact) mass is 295 g/mol. The van der Waals surface area contributed by atoms with Gasteiger partial charge < -0.3 is 15.5 Å². The van der Waals surface area contributed by atoms with E-state index in [-0.39, 0.29) is 11.3 Å². The van der Waals surface area contributed by atoms with Gasteiger partial charge in [-0.15, -0.1) is 0 Å². The molecule has 1 heterocycles. The fourth-order valence-electron chi connectivity index (χ4n) is 1.89. The Morgan fingerprint density at radius 2 is 1.86 bits per heavy atom. The molecule has 0 unspecified atom stereocenters. The summed E-state index contributed by atoms with van der Waals surface area (Å²) in [5.74, 6) is 8.10. The predicted octanol–water partition coefficient (Wildman–Crippen LogP) is 2.67. The first-order valence-electron chi connectivity index (χ1n) is 7.38. The standard InChI is InChI=1S/C15H29N5O/c1-10(2)12-18-13(11(3)14(19-12)20-16)17-9-15(4,5)7-8-21-6/h10H,7-9,16H2,1-6H3,(H2,17,18,19,20). The minimum Gasteiger partial charge on any atom is -0.385 e. The molecule has 21 heavy (non-hydrogen) atoms. The van der Waals surface area contributed by atoms with Crippen LogP contribution in [0.2, 0.25) is 0 Å². The van der Waals surface area contributed by atoms with Crippen LogP contribution in [-0.4, -0.2) is 30.2 Å². The van der Waals surface area contributed by atoms with Crippen molar-refractivity contribution >= 4 is 11.6 Å². The smallest absolute Gasteiger partial charge is 0.148 e. The molecular weight excluding hydrogens is 266 g/mol. The molecule has 0 spiro atoms. The quantitative estimate of drug-likeness (QED) is 0.505. The van der Waals surface area contributed by atoms with Gasteiger partial charge in [0.25, 0.3) is 0 Å². The molecule has 0 atom stereocenters. The van der Waals surface area contributed by atoms with Gasteiger partial charge in [0.1, 0.15) is 17.5 Å². The fraction of sp³-hybridized carbons (Fsp3) is 0.733. The second-order valence-corrected chi connectivity index (χ2v) is 6.46. The summed E-state index contributed by atoms with van der Waals surface area (Å²) in [7, 11) is 1.73. The Balaban J connectivity index is 2.89. The number of nitrogens with one attached hydrogen (secondary N) is 2. The third kappa shape index (κ3) is 5.13. The number of nitrogens with zero attached hydrogens (tertiary/aromatic N) is 2. The summed E-state index contributed by atoms with van der Waals surface area (Å²) < 4.78 is 5.16. The van der Waals surface area contributed by atoms with Gasteiger partial charge in [0.2, 0.25) is 0 Å². The van der Waals surface area contributed by atoms with Crippen LogP contribution in [0.25, 0.3) is 0 Å². The molecule has 1 rings (SSSR count). The van der Waals surface area contributed by atoms with E-state index in [1.165, 1.54) is 0 Å². The van der Waals surface area contributed by atoms with Crippen LogP contribution in [0.4, 0.5) is 11.6 Å². The van der Waals surface area contributed by atoms with Crippen molar-refractivity contribution in [3.63, 3.8) is 0 Å². The molecule has 0 bridgehead atoms. The normalized spacial score (nSPS) is 11.8. The van der Waals surface area contributed by atoms with Crippen LogP contribution in [-0.2, 0) is 4.74 Å². The van der Waals surface area contributed by atoms with E-state index in [1.807, 2.05) is 6.92 Å². The molecular formula is C15H29N5O. The number of nitrogen functional groups attached to an aromatic ring is 1. The lowest BCUT2D eigenvalue weighted by molar-refractivity contribution is 0.157. The highest BCUT2D eigenvalue weighted by Gasteiger charge is 2.19. The zero-order chi connectivity index (χ0) is 16.0. The lowest BCUT2D eigenvalue weighted by Crippen LogP contribution is -2.26. The highest BCUT2D eigenvalue weighted by molar-refractivity contribution is 5.57. The minimum atomic E-state index is 0.127. The Morgan fingerprint density at radius 1 is 1.24 bits per heavy atom. The molecule has 0 aliphatic rings. The van der Waals surface area contributed by atoms with Gasteiger partial charge >= 0.3 is 0 Å². The SMILES string of the molecule is COCCC(C)(C)CNc1nc(C(C)C)nc(NN)c1C. The first-order chi connectivity index (χ1) is 9.80. The molecule has 0 aliphatic heterocycles. The van der Waals surface area contributed by atoms with Crippen molar-refractivity contribution in [2.45, 2.75) is 47.0 Å². The zero-order valence-electron chi connectivity index (χ0n) is 14.1. The average Bonchev–Trinajstić information content (AvgIpc) is 2.44. The number of nitrogens with two attached hydrogens (primary N) is 1. The third-order valence-corrected chi connectivity index (χ3v) is 3.53. The molecule has 1 aromatic heterocycles. The summed E-state index contributed by atoms with van der Waals surface area (Å²) in [4.78, 5) is 9.05. The van der Waals surface area contributed by atoms with Gasteiger partial charge in [0.05, 0.1) is 0 Å². The highest BCUT2D eigenvalue weighted by Crippen LogP contribution is 2.25. The topological polar surface area (TPSA) is 85.1 Å². The summed E-state index contributed by atoms with van der Waals surface area (Å²) in [6, 6.07) is 0. The molecule has 4 N–H and O–H groups in total. The van der Waals surface area contributed by atoms with E-state index >= 15 is 0 Å². The maximum absolute atomic E-state index is 5.55. The Morgan fingerprint density at radius 3 is 2.38 bits per heavy atom. The van der Waals surface area contributed by atoms with E-state index in [4.69, 9.17) is 10.6 Å². The van der Waals surface area contributed by atoms with Crippen LogP contribution in [0.5, 0.6) is 0 Å². The Kier molecular flexibility index (Phi) is 6.36.